The standard InChI is InChI=1S/C22H27N3O2S/c26-20(15-25-12-10-18(11-13-25)23-22(27)17-8-9-17)24-21(19-7-4-14-28-19)16-5-2-1-3-6-16/h1-7,14,17-18,21H,8-13,15H2,(H,23,27)(H,24,26). The molecule has 1 saturated heterocycles. The van der Waals surface area contributed by atoms with Crippen molar-refractivity contribution in [2.45, 2.75) is 37.8 Å². The van der Waals surface area contributed by atoms with E-state index in [1.54, 1.807) is 11.3 Å². The number of piperidine rings is 1. The number of amides is 2. The van der Waals surface area contributed by atoms with Crippen molar-refractivity contribution in [3.05, 3.63) is 58.3 Å². The lowest BCUT2D eigenvalue weighted by molar-refractivity contribution is -0.125. The Labute approximate surface area is 170 Å². The van der Waals surface area contributed by atoms with Gasteiger partial charge in [-0.05, 0) is 42.7 Å². The average molecular weight is 398 g/mol. The molecule has 2 amide bonds. The molecule has 0 radical (unpaired) electrons. The molecule has 28 heavy (non-hydrogen) atoms. The summed E-state index contributed by atoms with van der Waals surface area (Å²) in [5, 5.41) is 8.41. The van der Waals surface area contributed by atoms with Gasteiger partial charge >= 0.3 is 0 Å². The average Bonchev–Trinajstić information content (AvgIpc) is 3.43. The zero-order chi connectivity index (χ0) is 19.3. The predicted molar refractivity (Wildman–Crippen MR) is 111 cm³/mol. The first-order chi connectivity index (χ1) is 13.7. The quantitative estimate of drug-likeness (QED) is 0.755. The number of carbonyl (C=O) groups excluding carboxylic acids is 2. The van der Waals surface area contributed by atoms with Gasteiger partial charge in [-0.3, -0.25) is 14.5 Å². The first kappa shape index (κ1) is 19.2. The zero-order valence-electron chi connectivity index (χ0n) is 16.0. The number of rotatable bonds is 7. The smallest absolute Gasteiger partial charge is 0.234 e. The Hall–Kier alpha value is -2.18. The van der Waals surface area contributed by atoms with E-state index in [9.17, 15) is 9.59 Å². The molecule has 6 heteroatoms. The van der Waals surface area contributed by atoms with Crippen molar-refractivity contribution in [1.29, 1.82) is 0 Å². The first-order valence-electron chi connectivity index (χ1n) is 10.1. The maximum atomic E-state index is 12.7. The van der Waals surface area contributed by atoms with Crippen LogP contribution in [0.2, 0.25) is 0 Å². The molecular formula is C22H27N3O2S. The monoisotopic (exact) mass is 397 g/mol. The molecule has 1 aliphatic carbocycles. The minimum absolute atomic E-state index is 0.0442. The third kappa shape index (κ3) is 5.00. The lowest BCUT2D eigenvalue weighted by atomic mass is 10.0. The van der Waals surface area contributed by atoms with Gasteiger partial charge in [0.1, 0.15) is 0 Å². The summed E-state index contributed by atoms with van der Waals surface area (Å²) in [6.07, 6.45) is 3.91. The van der Waals surface area contributed by atoms with Gasteiger partial charge in [-0.25, -0.2) is 0 Å². The fourth-order valence-electron chi connectivity index (χ4n) is 3.73. The molecule has 2 fully saturated rings. The minimum Gasteiger partial charge on any atom is -0.353 e. The van der Waals surface area contributed by atoms with Gasteiger partial charge in [0.2, 0.25) is 11.8 Å². The number of benzene rings is 1. The Morgan fingerprint density at radius 2 is 1.79 bits per heavy atom. The van der Waals surface area contributed by atoms with Crippen LogP contribution >= 0.6 is 11.3 Å². The van der Waals surface area contributed by atoms with Crippen LogP contribution in [-0.4, -0.2) is 42.4 Å². The van der Waals surface area contributed by atoms with Crippen LogP contribution in [0.3, 0.4) is 0 Å². The van der Waals surface area contributed by atoms with Gasteiger partial charge in [0.25, 0.3) is 0 Å². The minimum atomic E-state index is -0.107. The van der Waals surface area contributed by atoms with Crippen molar-refractivity contribution in [3.63, 3.8) is 0 Å². The van der Waals surface area contributed by atoms with E-state index in [0.717, 1.165) is 49.2 Å². The van der Waals surface area contributed by atoms with Crippen molar-refractivity contribution >= 4 is 23.2 Å². The van der Waals surface area contributed by atoms with Gasteiger partial charge in [-0.1, -0.05) is 36.4 Å². The van der Waals surface area contributed by atoms with Gasteiger partial charge in [0.05, 0.1) is 12.6 Å². The Balaban J connectivity index is 1.29. The SMILES string of the molecule is O=C(CN1CCC(NC(=O)C2CC2)CC1)NC(c1ccccc1)c1cccs1. The molecule has 4 rings (SSSR count). The van der Waals surface area contributed by atoms with Gasteiger partial charge in [-0.15, -0.1) is 11.3 Å². The summed E-state index contributed by atoms with van der Waals surface area (Å²) >= 11 is 1.66. The van der Waals surface area contributed by atoms with E-state index in [2.05, 4.69) is 33.7 Å². The summed E-state index contributed by atoms with van der Waals surface area (Å²) in [5.41, 5.74) is 1.10. The fourth-order valence-corrected chi connectivity index (χ4v) is 4.53. The highest BCUT2D eigenvalue weighted by Gasteiger charge is 2.32. The van der Waals surface area contributed by atoms with Crippen molar-refractivity contribution in [1.82, 2.24) is 15.5 Å². The zero-order valence-corrected chi connectivity index (χ0v) is 16.8. The first-order valence-corrected chi connectivity index (χ1v) is 11.0. The van der Waals surface area contributed by atoms with E-state index in [1.165, 1.54) is 0 Å². The van der Waals surface area contributed by atoms with Crippen molar-refractivity contribution < 1.29 is 9.59 Å². The summed E-state index contributed by atoms with van der Waals surface area (Å²) in [6.45, 7) is 2.09. The van der Waals surface area contributed by atoms with Crippen molar-refractivity contribution in [2.24, 2.45) is 5.92 Å². The molecule has 2 aliphatic rings. The highest BCUT2D eigenvalue weighted by molar-refractivity contribution is 7.10. The van der Waals surface area contributed by atoms with Crippen LogP contribution in [0.25, 0.3) is 0 Å². The number of hydrogen-bond acceptors (Lipinski definition) is 4. The van der Waals surface area contributed by atoms with E-state index >= 15 is 0 Å². The second kappa shape index (κ2) is 8.88. The largest absolute Gasteiger partial charge is 0.353 e. The summed E-state index contributed by atoms with van der Waals surface area (Å²) in [5.74, 6) is 0.525. The lowest BCUT2D eigenvalue weighted by Crippen LogP contribution is -2.48. The summed E-state index contributed by atoms with van der Waals surface area (Å²) in [4.78, 5) is 28.0. The van der Waals surface area contributed by atoms with Gasteiger partial charge in [0, 0.05) is 29.9 Å². The van der Waals surface area contributed by atoms with Crippen LogP contribution in [0.1, 0.15) is 42.2 Å². The Morgan fingerprint density at radius 1 is 1.04 bits per heavy atom. The number of likely N-dealkylation sites (tertiary alicyclic amines) is 1. The predicted octanol–water partition coefficient (Wildman–Crippen LogP) is 2.94. The molecule has 1 aromatic carbocycles. The second-order valence-electron chi connectivity index (χ2n) is 7.76. The van der Waals surface area contributed by atoms with Crippen LogP contribution in [0.5, 0.6) is 0 Å². The molecular weight excluding hydrogens is 370 g/mol. The third-order valence-electron chi connectivity index (χ3n) is 5.52. The Kier molecular flexibility index (Phi) is 6.07. The van der Waals surface area contributed by atoms with Crippen LogP contribution in [-0.2, 0) is 9.59 Å². The maximum absolute atomic E-state index is 12.7. The topological polar surface area (TPSA) is 61.4 Å². The van der Waals surface area contributed by atoms with Crippen molar-refractivity contribution in [2.75, 3.05) is 19.6 Å². The molecule has 1 unspecified atom stereocenters. The highest BCUT2D eigenvalue weighted by atomic mass is 32.1. The van der Waals surface area contributed by atoms with Crippen LogP contribution < -0.4 is 10.6 Å². The maximum Gasteiger partial charge on any atom is 0.234 e. The van der Waals surface area contributed by atoms with Crippen molar-refractivity contribution in [3.8, 4) is 0 Å². The second-order valence-corrected chi connectivity index (χ2v) is 8.74. The molecule has 2 N–H and O–H groups in total. The lowest BCUT2D eigenvalue weighted by Gasteiger charge is -2.32. The normalized spacial score (nSPS) is 19.1. The van der Waals surface area contributed by atoms with Crippen LogP contribution in [0.15, 0.2) is 47.8 Å². The Bertz CT molecular complexity index is 781. The highest BCUT2D eigenvalue weighted by Crippen LogP contribution is 2.29. The van der Waals surface area contributed by atoms with Gasteiger partial charge < -0.3 is 10.6 Å². The summed E-state index contributed by atoms with van der Waals surface area (Å²) < 4.78 is 0. The van der Waals surface area contributed by atoms with E-state index in [1.807, 2.05) is 29.6 Å². The molecule has 2 aromatic rings. The summed E-state index contributed by atoms with van der Waals surface area (Å²) in [6, 6.07) is 14.3. The van der Waals surface area contributed by atoms with E-state index in [4.69, 9.17) is 0 Å². The number of nitrogens with one attached hydrogen (secondary N) is 2. The number of carbonyl (C=O) groups is 2. The van der Waals surface area contributed by atoms with Crippen LogP contribution in [0.4, 0.5) is 0 Å². The molecule has 5 nitrogen and oxygen atoms in total. The molecule has 2 heterocycles. The van der Waals surface area contributed by atoms with E-state index in [0.29, 0.717) is 6.54 Å². The number of thiophene rings is 1. The number of nitrogens with zero attached hydrogens (tertiary/aromatic N) is 1. The van der Waals surface area contributed by atoms with Crippen LogP contribution in [0, 0.1) is 5.92 Å². The fraction of sp³-hybridized carbons (Fsp3) is 0.455. The van der Waals surface area contributed by atoms with Gasteiger partial charge in [-0.2, -0.15) is 0 Å². The molecule has 1 saturated carbocycles. The molecule has 148 valence electrons. The molecule has 0 bridgehead atoms. The van der Waals surface area contributed by atoms with E-state index < -0.39 is 0 Å². The summed E-state index contributed by atoms with van der Waals surface area (Å²) in [7, 11) is 0. The Morgan fingerprint density at radius 3 is 2.43 bits per heavy atom. The molecule has 1 aliphatic heterocycles. The molecule has 0 spiro atoms. The van der Waals surface area contributed by atoms with E-state index in [-0.39, 0.29) is 29.8 Å². The molecule has 1 aromatic heterocycles. The third-order valence-corrected chi connectivity index (χ3v) is 6.45. The van der Waals surface area contributed by atoms with Gasteiger partial charge in [0.15, 0.2) is 0 Å². The number of hydrogen-bond donors (Lipinski definition) is 2. The molecule has 1 atom stereocenters.